The van der Waals surface area contributed by atoms with Crippen LogP contribution >= 0.6 is 0 Å². The van der Waals surface area contributed by atoms with E-state index in [0.29, 0.717) is 12.1 Å². The molecule has 1 rings (SSSR count). The molecule has 1 aromatic carbocycles. The van der Waals surface area contributed by atoms with E-state index >= 15 is 0 Å². The lowest BCUT2D eigenvalue weighted by Crippen LogP contribution is -2.48. The van der Waals surface area contributed by atoms with Crippen LogP contribution in [0.15, 0.2) is 24.3 Å². The molecule has 0 aliphatic rings. The molecule has 5 heteroatoms. The van der Waals surface area contributed by atoms with E-state index in [0.717, 1.165) is 5.56 Å². The molecule has 0 radical (unpaired) electrons. The summed E-state index contributed by atoms with van der Waals surface area (Å²) in [6, 6.07) is 7.17. The van der Waals surface area contributed by atoms with Crippen LogP contribution in [0.2, 0.25) is 0 Å². The highest BCUT2D eigenvalue weighted by Crippen LogP contribution is 2.09. The van der Waals surface area contributed by atoms with Gasteiger partial charge in [0.15, 0.2) is 0 Å². The smallest absolute Gasteiger partial charge is 0.407 e. The first-order chi connectivity index (χ1) is 10.6. The maximum absolute atomic E-state index is 12.1. The Balaban J connectivity index is 2.58. The normalized spacial score (nSPS) is 12.7. The molecular weight excluding hydrogens is 292 g/mol. The fourth-order valence-electron chi connectivity index (χ4n) is 1.92. The molecule has 128 valence electrons. The number of benzene rings is 1. The van der Waals surface area contributed by atoms with Crippen molar-refractivity contribution in [2.75, 3.05) is 6.54 Å². The zero-order valence-corrected chi connectivity index (χ0v) is 14.9. The topological polar surface area (TPSA) is 67.4 Å². The molecule has 0 aromatic heterocycles. The number of carbonyl (C=O) groups excluding carboxylic acids is 2. The highest BCUT2D eigenvalue weighted by atomic mass is 16.6. The van der Waals surface area contributed by atoms with Crippen LogP contribution < -0.4 is 10.6 Å². The van der Waals surface area contributed by atoms with Crippen molar-refractivity contribution in [3.05, 3.63) is 35.4 Å². The molecule has 1 aromatic rings. The lowest BCUT2D eigenvalue weighted by molar-refractivity contribution is 0.0487. The van der Waals surface area contributed by atoms with Gasteiger partial charge in [0, 0.05) is 12.1 Å². The Bertz CT molecular complexity index is 530. The number of aryl methyl sites for hydroxylation is 1. The van der Waals surface area contributed by atoms with E-state index in [4.69, 9.17) is 4.74 Å². The third kappa shape index (κ3) is 7.17. The molecule has 1 atom stereocenters. The number of carbonyl (C=O) groups is 2. The molecule has 2 N–H and O–H groups in total. The van der Waals surface area contributed by atoms with Crippen LogP contribution in [-0.2, 0) is 4.74 Å². The highest BCUT2D eigenvalue weighted by molar-refractivity contribution is 5.94. The molecule has 5 nitrogen and oxygen atoms in total. The van der Waals surface area contributed by atoms with E-state index in [1.807, 2.05) is 53.7 Å². The van der Waals surface area contributed by atoms with Crippen molar-refractivity contribution in [2.24, 2.45) is 5.92 Å². The number of rotatable bonds is 5. The Morgan fingerprint density at radius 3 is 2.17 bits per heavy atom. The van der Waals surface area contributed by atoms with Gasteiger partial charge in [0.2, 0.25) is 0 Å². The van der Waals surface area contributed by atoms with E-state index in [-0.39, 0.29) is 17.9 Å². The number of ether oxygens (including phenoxy) is 1. The maximum atomic E-state index is 12.1. The molecule has 2 amide bonds. The van der Waals surface area contributed by atoms with Gasteiger partial charge in [0.25, 0.3) is 5.91 Å². The molecule has 0 aliphatic carbocycles. The van der Waals surface area contributed by atoms with E-state index < -0.39 is 11.7 Å². The van der Waals surface area contributed by atoms with Gasteiger partial charge in [-0.05, 0) is 45.7 Å². The van der Waals surface area contributed by atoms with E-state index in [1.165, 1.54) is 0 Å². The molecule has 0 fully saturated rings. The number of alkyl carbamates (subject to hydrolysis) is 1. The standard InChI is InChI=1S/C18H28N2O3/c1-12(2)15(20-17(22)23-18(4,5)6)11-19-16(21)14-9-7-13(3)8-10-14/h7-10,12,15H,11H2,1-6H3,(H,19,21)(H,20,22)/t15-/m1/s1. The molecule has 0 aliphatic heterocycles. The third-order valence-corrected chi connectivity index (χ3v) is 3.30. The Hall–Kier alpha value is -2.04. The van der Waals surface area contributed by atoms with Crippen LogP contribution in [-0.4, -0.2) is 30.2 Å². The monoisotopic (exact) mass is 320 g/mol. The van der Waals surface area contributed by atoms with E-state index in [9.17, 15) is 9.59 Å². The molecule has 0 unspecified atom stereocenters. The Morgan fingerprint density at radius 1 is 1.13 bits per heavy atom. The first-order valence-electron chi connectivity index (χ1n) is 7.93. The van der Waals surface area contributed by atoms with Gasteiger partial charge in [-0.15, -0.1) is 0 Å². The van der Waals surface area contributed by atoms with Gasteiger partial charge in [0.1, 0.15) is 5.60 Å². The van der Waals surface area contributed by atoms with Crippen LogP contribution in [0.25, 0.3) is 0 Å². The van der Waals surface area contributed by atoms with Crippen LogP contribution in [0.1, 0.15) is 50.5 Å². The SMILES string of the molecule is Cc1ccc(C(=O)NC[C@@H](NC(=O)OC(C)(C)C)C(C)C)cc1. The number of hydrogen-bond acceptors (Lipinski definition) is 3. The summed E-state index contributed by atoms with van der Waals surface area (Å²) in [5.74, 6) is 0.0162. The van der Waals surface area contributed by atoms with Gasteiger partial charge >= 0.3 is 6.09 Å². The van der Waals surface area contributed by atoms with Crippen molar-refractivity contribution in [2.45, 2.75) is 53.2 Å². The Kier molecular flexibility index (Phi) is 6.61. The predicted molar refractivity (Wildman–Crippen MR) is 91.5 cm³/mol. The van der Waals surface area contributed by atoms with Gasteiger partial charge in [-0.1, -0.05) is 31.5 Å². The quantitative estimate of drug-likeness (QED) is 0.875. The van der Waals surface area contributed by atoms with Gasteiger partial charge in [-0.25, -0.2) is 4.79 Å². The average molecular weight is 320 g/mol. The highest BCUT2D eigenvalue weighted by Gasteiger charge is 2.22. The molecule has 0 heterocycles. The van der Waals surface area contributed by atoms with Crippen molar-refractivity contribution in [3.8, 4) is 0 Å². The second-order valence-corrected chi connectivity index (χ2v) is 7.07. The second-order valence-electron chi connectivity index (χ2n) is 7.07. The summed E-state index contributed by atoms with van der Waals surface area (Å²) in [5.41, 5.74) is 1.17. The average Bonchev–Trinajstić information content (AvgIpc) is 2.41. The Morgan fingerprint density at radius 2 is 1.70 bits per heavy atom. The molecule has 23 heavy (non-hydrogen) atoms. The number of hydrogen-bond donors (Lipinski definition) is 2. The summed E-state index contributed by atoms with van der Waals surface area (Å²) in [7, 11) is 0. The lowest BCUT2D eigenvalue weighted by Gasteiger charge is -2.26. The fourth-order valence-corrected chi connectivity index (χ4v) is 1.92. The van der Waals surface area contributed by atoms with Crippen molar-refractivity contribution >= 4 is 12.0 Å². The minimum atomic E-state index is -0.545. The largest absolute Gasteiger partial charge is 0.444 e. The summed E-state index contributed by atoms with van der Waals surface area (Å²) in [4.78, 5) is 24.0. The van der Waals surface area contributed by atoms with Gasteiger partial charge in [0.05, 0.1) is 6.04 Å². The van der Waals surface area contributed by atoms with E-state index in [2.05, 4.69) is 10.6 Å². The molecular formula is C18H28N2O3. The summed E-state index contributed by atoms with van der Waals surface area (Å²) in [6.45, 7) is 11.7. The second kappa shape index (κ2) is 7.99. The first-order valence-corrected chi connectivity index (χ1v) is 7.93. The minimum absolute atomic E-state index is 0.151. The summed E-state index contributed by atoms with van der Waals surface area (Å²) in [5, 5.41) is 5.67. The Labute approximate surface area is 138 Å². The number of nitrogens with one attached hydrogen (secondary N) is 2. The van der Waals surface area contributed by atoms with Crippen LogP contribution in [0, 0.1) is 12.8 Å². The van der Waals surface area contributed by atoms with E-state index in [1.54, 1.807) is 12.1 Å². The van der Waals surface area contributed by atoms with Gasteiger partial charge in [-0.2, -0.15) is 0 Å². The van der Waals surface area contributed by atoms with Crippen LogP contribution in [0.3, 0.4) is 0 Å². The predicted octanol–water partition coefficient (Wildman–Crippen LogP) is 3.27. The van der Waals surface area contributed by atoms with Crippen LogP contribution in [0.4, 0.5) is 4.79 Å². The summed E-state index contributed by atoms with van der Waals surface area (Å²) >= 11 is 0. The number of amides is 2. The lowest BCUT2D eigenvalue weighted by atomic mass is 10.0. The zero-order valence-electron chi connectivity index (χ0n) is 14.9. The molecule has 0 saturated heterocycles. The van der Waals surface area contributed by atoms with Crippen LogP contribution in [0.5, 0.6) is 0 Å². The molecule has 0 spiro atoms. The summed E-state index contributed by atoms with van der Waals surface area (Å²) < 4.78 is 5.26. The molecule has 0 bridgehead atoms. The van der Waals surface area contributed by atoms with Gasteiger partial charge in [-0.3, -0.25) is 4.79 Å². The van der Waals surface area contributed by atoms with Crippen molar-refractivity contribution in [3.63, 3.8) is 0 Å². The zero-order chi connectivity index (χ0) is 17.6. The summed E-state index contributed by atoms with van der Waals surface area (Å²) in [6.07, 6.45) is -0.471. The fraction of sp³-hybridized carbons (Fsp3) is 0.556. The first kappa shape index (κ1) is 19.0. The van der Waals surface area contributed by atoms with Crippen molar-refractivity contribution in [1.29, 1.82) is 0 Å². The van der Waals surface area contributed by atoms with Gasteiger partial charge < -0.3 is 15.4 Å². The minimum Gasteiger partial charge on any atom is -0.444 e. The molecule has 0 saturated carbocycles. The van der Waals surface area contributed by atoms with Crippen molar-refractivity contribution in [1.82, 2.24) is 10.6 Å². The maximum Gasteiger partial charge on any atom is 0.407 e. The third-order valence-electron chi connectivity index (χ3n) is 3.30. The van der Waals surface area contributed by atoms with Crippen molar-refractivity contribution < 1.29 is 14.3 Å².